The predicted octanol–water partition coefficient (Wildman–Crippen LogP) is 3.84. The van der Waals surface area contributed by atoms with E-state index < -0.39 is 11.9 Å². The lowest BCUT2D eigenvalue weighted by atomic mass is 9.93. The van der Waals surface area contributed by atoms with Crippen molar-refractivity contribution in [1.29, 1.82) is 0 Å². The van der Waals surface area contributed by atoms with Gasteiger partial charge in [-0.05, 0) is 55.5 Å². The summed E-state index contributed by atoms with van der Waals surface area (Å²) in [5, 5.41) is 4.82. The zero-order valence-electron chi connectivity index (χ0n) is 22.0. The van der Waals surface area contributed by atoms with Crippen LogP contribution in [-0.2, 0) is 13.0 Å². The molecule has 0 spiro atoms. The van der Waals surface area contributed by atoms with Crippen LogP contribution in [0, 0.1) is 11.7 Å². The lowest BCUT2D eigenvalue weighted by Gasteiger charge is -2.22. The zero-order valence-corrected chi connectivity index (χ0v) is 22.0. The molecule has 2 aromatic heterocycles. The summed E-state index contributed by atoms with van der Waals surface area (Å²) in [6.45, 7) is 2.49. The minimum atomic E-state index is -0.584. The van der Waals surface area contributed by atoms with Gasteiger partial charge in [-0.25, -0.2) is 9.37 Å². The van der Waals surface area contributed by atoms with Crippen LogP contribution in [0.3, 0.4) is 0 Å². The number of anilines is 1. The van der Waals surface area contributed by atoms with Gasteiger partial charge in [0.2, 0.25) is 0 Å². The third-order valence-corrected chi connectivity index (χ3v) is 6.99. The number of amides is 1. The largest absolute Gasteiger partial charge is 0.482 e. The average molecular weight is 518 g/mol. The van der Waals surface area contributed by atoms with Crippen LogP contribution in [0.25, 0.3) is 17.0 Å². The molecule has 198 valence electrons. The first kappa shape index (κ1) is 25.4. The van der Waals surface area contributed by atoms with Crippen molar-refractivity contribution in [2.75, 3.05) is 26.9 Å². The van der Waals surface area contributed by atoms with Crippen molar-refractivity contribution >= 4 is 23.6 Å². The van der Waals surface area contributed by atoms with E-state index in [9.17, 15) is 9.18 Å². The summed E-state index contributed by atoms with van der Waals surface area (Å²) in [6, 6.07) is 6.22. The Balaban J connectivity index is 1.84. The molecule has 5 rings (SSSR count). The second kappa shape index (κ2) is 9.92. The summed E-state index contributed by atoms with van der Waals surface area (Å²) < 4.78 is 22.5. The highest BCUT2D eigenvalue weighted by atomic mass is 19.1. The molecule has 2 bridgehead atoms. The number of aromatic nitrogens is 3. The number of fused-ring (bicyclic) bond motifs is 5. The molecule has 38 heavy (non-hydrogen) atoms. The molecule has 1 aliphatic carbocycles. The van der Waals surface area contributed by atoms with Gasteiger partial charge in [-0.1, -0.05) is 0 Å². The van der Waals surface area contributed by atoms with Crippen LogP contribution in [0.2, 0.25) is 0 Å². The van der Waals surface area contributed by atoms with E-state index in [4.69, 9.17) is 21.3 Å². The number of halogens is 1. The molecular weight excluding hydrogens is 485 g/mol. The van der Waals surface area contributed by atoms with Gasteiger partial charge in [0.05, 0.1) is 5.69 Å². The van der Waals surface area contributed by atoms with E-state index in [0.29, 0.717) is 57.4 Å². The van der Waals surface area contributed by atoms with Gasteiger partial charge >= 0.3 is 0 Å². The molecule has 1 aromatic carbocycles. The first-order valence-electron chi connectivity index (χ1n) is 12.6. The standard InChI is InChI=1S/C28H32FN7O2/c1-15-21-11-19(29)7-8-20(21)24(30)17(12-32-2)9-22-25(28(37)35(3)4)34-36(14-16-5-6-16)26(22)18-10-23(38-15)27(31)33-13-18/h7-8,10-13,15-16H,5-6,9,14,30H2,1-4H3,(H2,31,33)/b24-17-,32-12?/t15-/m1/s1. The number of carbonyl (C=O) groups excluding carboxylic acids is 1. The second-order valence-corrected chi connectivity index (χ2v) is 10.1. The third-order valence-electron chi connectivity index (χ3n) is 6.99. The minimum Gasteiger partial charge on any atom is -0.482 e. The Hall–Kier alpha value is -4.21. The summed E-state index contributed by atoms with van der Waals surface area (Å²) in [6.07, 6.45) is 5.28. The van der Waals surface area contributed by atoms with Crippen LogP contribution in [0.15, 0.2) is 41.0 Å². The summed E-state index contributed by atoms with van der Waals surface area (Å²) >= 11 is 0. The van der Waals surface area contributed by atoms with Gasteiger partial charge in [-0.15, -0.1) is 0 Å². The molecule has 3 heterocycles. The van der Waals surface area contributed by atoms with Crippen molar-refractivity contribution in [3.63, 3.8) is 0 Å². The molecule has 0 unspecified atom stereocenters. The molecule has 4 N–H and O–H groups in total. The molecule has 1 saturated carbocycles. The highest BCUT2D eigenvalue weighted by Crippen LogP contribution is 2.39. The summed E-state index contributed by atoms with van der Waals surface area (Å²) in [4.78, 5) is 23.5. The minimum absolute atomic E-state index is 0.206. The fourth-order valence-corrected chi connectivity index (χ4v) is 4.83. The van der Waals surface area contributed by atoms with E-state index in [2.05, 4.69) is 9.98 Å². The Bertz CT molecular complexity index is 1470. The number of carbonyl (C=O) groups is 1. The molecule has 1 fully saturated rings. The summed E-state index contributed by atoms with van der Waals surface area (Å²) in [5.41, 5.74) is 17.8. The van der Waals surface area contributed by atoms with Gasteiger partial charge in [-0.2, -0.15) is 5.10 Å². The SMILES string of the molecule is CN=C/C1=C(\N)c2ccc(F)cc2[C@@H](C)Oc2cc(cnc2N)-c2c(c(C(=O)N(C)C)nn2CC2CC2)C1. The van der Waals surface area contributed by atoms with E-state index in [1.54, 1.807) is 39.6 Å². The van der Waals surface area contributed by atoms with Crippen LogP contribution in [0.4, 0.5) is 10.2 Å². The van der Waals surface area contributed by atoms with Gasteiger partial charge in [0.1, 0.15) is 11.9 Å². The van der Waals surface area contributed by atoms with E-state index in [1.165, 1.54) is 17.0 Å². The lowest BCUT2D eigenvalue weighted by Crippen LogP contribution is -2.24. The van der Waals surface area contributed by atoms with Crippen molar-refractivity contribution < 1.29 is 13.9 Å². The number of hydrogen-bond donors (Lipinski definition) is 2. The fraction of sp³-hybridized carbons (Fsp3) is 0.357. The average Bonchev–Trinajstić information content (AvgIpc) is 3.63. The predicted molar refractivity (Wildman–Crippen MR) is 145 cm³/mol. The maximum absolute atomic E-state index is 14.4. The van der Waals surface area contributed by atoms with Crippen molar-refractivity contribution in [3.8, 4) is 17.0 Å². The highest BCUT2D eigenvalue weighted by molar-refractivity contribution is 5.97. The van der Waals surface area contributed by atoms with Crippen LogP contribution in [-0.4, -0.2) is 52.9 Å². The lowest BCUT2D eigenvalue weighted by molar-refractivity contribution is 0.0820. The van der Waals surface area contributed by atoms with Crippen LogP contribution >= 0.6 is 0 Å². The number of nitrogen functional groups attached to an aromatic ring is 1. The van der Waals surface area contributed by atoms with Gasteiger partial charge in [0.15, 0.2) is 17.3 Å². The molecular formula is C28H32FN7O2. The third kappa shape index (κ3) is 4.73. The maximum Gasteiger partial charge on any atom is 0.274 e. The molecule has 3 aromatic rings. The quantitative estimate of drug-likeness (QED) is 0.507. The number of aliphatic imine (C=N–C) groups is 1. The summed E-state index contributed by atoms with van der Waals surface area (Å²) in [5.74, 6) is 0.434. The molecule has 10 heteroatoms. The Labute approximate surface area is 221 Å². The number of rotatable bonds is 4. The topological polar surface area (TPSA) is 125 Å². The molecule has 0 radical (unpaired) electrons. The van der Waals surface area contributed by atoms with Gasteiger partial charge in [0.25, 0.3) is 5.91 Å². The van der Waals surface area contributed by atoms with Crippen LogP contribution in [0.1, 0.15) is 53.0 Å². The fourth-order valence-electron chi connectivity index (χ4n) is 4.83. The molecule has 1 aliphatic heterocycles. The molecule has 9 nitrogen and oxygen atoms in total. The number of allylic oxidation sites excluding steroid dienone is 1. The van der Waals surface area contributed by atoms with E-state index in [0.717, 1.165) is 18.5 Å². The number of ether oxygens (including phenoxy) is 1. The Morgan fingerprint density at radius 1 is 1.29 bits per heavy atom. The highest BCUT2D eigenvalue weighted by Gasteiger charge is 2.31. The van der Waals surface area contributed by atoms with Gasteiger partial charge < -0.3 is 21.1 Å². The number of pyridine rings is 1. The van der Waals surface area contributed by atoms with E-state index >= 15 is 0 Å². The molecule has 2 aliphatic rings. The Kier molecular flexibility index (Phi) is 6.64. The number of hydrogen-bond acceptors (Lipinski definition) is 7. The zero-order chi connectivity index (χ0) is 27.1. The molecule has 0 saturated heterocycles. The van der Waals surface area contributed by atoms with Crippen molar-refractivity contribution in [2.24, 2.45) is 16.6 Å². The monoisotopic (exact) mass is 517 g/mol. The maximum atomic E-state index is 14.4. The molecule has 1 amide bonds. The number of nitrogens with zero attached hydrogens (tertiary/aromatic N) is 5. The second-order valence-electron chi connectivity index (χ2n) is 10.1. The first-order chi connectivity index (χ1) is 18.2. The molecule has 1 atom stereocenters. The van der Waals surface area contributed by atoms with E-state index in [1.807, 2.05) is 17.7 Å². The van der Waals surface area contributed by atoms with Crippen molar-refractivity contribution in [2.45, 2.75) is 38.8 Å². The van der Waals surface area contributed by atoms with Crippen molar-refractivity contribution in [3.05, 3.63) is 64.2 Å². The Morgan fingerprint density at radius 2 is 2.05 bits per heavy atom. The van der Waals surface area contributed by atoms with Crippen LogP contribution in [0.5, 0.6) is 5.75 Å². The summed E-state index contributed by atoms with van der Waals surface area (Å²) in [7, 11) is 5.06. The Morgan fingerprint density at radius 3 is 2.74 bits per heavy atom. The smallest absolute Gasteiger partial charge is 0.274 e. The van der Waals surface area contributed by atoms with Gasteiger partial charge in [0, 0.05) is 74.5 Å². The number of benzene rings is 1. The van der Waals surface area contributed by atoms with E-state index in [-0.39, 0.29) is 18.1 Å². The van der Waals surface area contributed by atoms with Crippen molar-refractivity contribution in [1.82, 2.24) is 19.7 Å². The van der Waals surface area contributed by atoms with Crippen LogP contribution < -0.4 is 16.2 Å². The first-order valence-corrected chi connectivity index (χ1v) is 12.6. The number of nitrogens with two attached hydrogens (primary N) is 2. The van der Waals surface area contributed by atoms with Gasteiger partial charge in [-0.3, -0.25) is 14.5 Å². The normalized spacial score (nSPS) is 19.2.